The maximum absolute atomic E-state index is 13.5. The van der Waals surface area contributed by atoms with Crippen molar-refractivity contribution >= 4 is 246 Å². The fourth-order valence-electron chi connectivity index (χ4n) is 12.9. The van der Waals surface area contributed by atoms with Gasteiger partial charge in [-0.3, -0.25) is 9.97 Å². The van der Waals surface area contributed by atoms with Gasteiger partial charge in [0.15, 0.2) is 16.9 Å². The van der Waals surface area contributed by atoms with Crippen LogP contribution in [0.25, 0.3) is 44.2 Å². The largest absolute Gasteiger partial charge is 0.0622 e. The Morgan fingerprint density at radius 1 is 0.389 bits per heavy atom. The second-order valence-electron chi connectivity index (χ2n) is 29.7. The normalized spacial score (nSPS) is 12.8. The Hall–Kier alpha value is -8.74. The number of halogens is 8. The molecule has 0 saturated heterocycles. The quantitative estimate of drug-likeness (QED) is 0.0175. The van der Waals surface area contributed by atoms with Gasteiger partial charge in [0, 0.05) is 74.2 Å². The van der Waals surface area contributed by atoms with E-state index in [0.29, 0.717) is 60.5 Å². The summed E-state index contributed by atoms with van der Waals surface area (Å²) in [6.45, 7) is 5.70. The predicted octanol–water partition coefficient (Wildman–Crippen LogP) is 19.1. The van der Waals surface area contributed by atoms with Gasteiger partial charge in [-0.1, -0.05) is 247 Å². The fourth-order valence-corrected chi connectivity index (χ4v) is 24.3. The summed E-state index contributed by atoms with van der Waals surface area (Å²) in [7, 11) is -4.10. The molecule has 3 aliphatic carbocycles. The van der Waals surface area contributed by atoms with E-state index in [9.17, 15) is 25.3 Å². The third-order valence-electron chi connectivity index (χ3n) is 19.9. The van der Waals surface area contributed by atoms with Crippen LogP contribution in [0.3, 0.4) is 0 Å². The van der Waals surface area contributed by atoms with Crippen LogP contribution in [0.5, 0.6) is 0 Å². The van der Waals surface area contributed by atoms with Gasteiger partial charge in [-0.2, -0.15) is 15.0 Å². The van der Waals surface area contributed by atoms with Crippen molar-refractivity contribution in [3.63, 3.8) is 0 Å². The van der Waals surface area contributed by atoms with Crippen LogP contribution in [0.4, 0.5) is 11.6 Å². The summed E-state index contributed by atoms with van der Waals surface area (Å²) in [5.41, 5.74) is 10.8. The van der Waals surface area contributed by atoms with E-state index in [4.69, 9.17) is 81.2 Å². The first kappa shape index (κ1) is 99.7. The first-order valence-corrected chi connectivity index (χ1v) is 55.2. The number of fused-ring (bicyclic) bond motifs is 3. The summed E-state index contributed by atoms with van der Waals surface area (Å²) in [6.07, 6.45) is 17.7. The molecule has 0 radical (unpaired) electrons. The molecule has 9 aromatic carbocycles. The number of nitrogens with two attached hydrogens (primary N) is 1. The molecular weight excluding hydrogens is 2200 g/mol. The minimum atomic E-state index is -3.89. The Balaban J connectivity index is 0.000000135. The Morgan fingerprint density at radius 3 is 0.962 bits per heavy atom. The smallest absolute Gasteiger partial charge is 0.0134 e. The van der Waals surface area contributed by atoms with Gasteiger partial charge in [-0.25, -0.2) is 52.1 Å². The number of anilines is 2. The first-order valence-electron chi connectivity index (χ1n) is 40.5. The molecule has 674 valence electrons. The van der Waals surface area contributed by atoms with Crippen LogP contribution in [-0.2, 0) is 46.0 Å². The number of pyridine rings is 2. The van der Waals surface area contributed by atoms with E-state index < -0.39 is 53.0 Å². The molecule has 131 heavy (non-hydrogen) atoms. The van der Waals surface area contributed by atoms with Gasteiger partial charge in [0.25, 0.3) is 30.1 Å². The Labute approximate surface area is 826 Å². The second kappa shape index (κ2) is 47.0. The van der Waals surface area contributed by atoms with Crippen molar-refractivity contribution in [2.24, 2.45) is 5.73 Å². The molecule has 0 unspecified atom stereocenters. The predicted molar refractivity (Wildman–Crippen MR) is 549 cm³/mol. The van der Waals surface area contributed by atoms with Gasteiger partial charge in [-0.15, -0.1) is 0 Å². The molecule has 17 aromatic rings. The summed E-state index contributed by atoms with van der Waals surface area (Å²) in [5, 5.41) is 33.9. The van der Waals surface area contributed by atoms with Crippen molar-refractivity contribution in [3.05, 3.63) is 367 Å². The molecule has 3 saturated carbocycles. The fraction of sp³-hybridized carbons (Fsp3) is 0.128. The molecule has 3 fully saturated rings. The number of nitrogens with one attached hydrogen (secondary N) is 2. The molecule has 22 nitrogen and oxygen atoms in total. The maximum Gasteiger partial charge on any atom is -0.0134 e. The Morgan fingerprint density at radius 2 is 0.664 bits per heavy atom. The zero-order chi connectivity index (χ0) is 92.9. The molecule has 8 aromatic heterocycles. The number of nitrogens with zero attached hydrogens (tertiary/aromatic N) is 11. The summed E-state index contributed by atoms with van der Waals surface area (Å²) in [4.78, 5) is 33.3. The topological polar surface area (TPSA) is 311 Å². The molecule has 6 N–H and O–H groups in total. The maximum atomic E-state index is 13.5. The minimum absolute atomic E-state index is 0.00890. The second-order valence-corrected chi connectivity index (χ2v) is 45.6. The molecule has 3 aliphatic rings. The molecule has 0 amide bonds. The van der Waals surface area contributed by atoms with Crippen LogP contribution in [0.2, 0.25) is 21.0 Å². The van der Waals surface area contributed by atoms with E-state index in [0.717, 1.165) is 55.5 Å². The molecule has 0 aliphatic heterocycles. The van der Waals surface area contributed by atoms with E-state index in [2.05, 4.69) is 255 Å². The number of hydrogen-bond acceptors (Lipinski definition) is 19. The van der Waals surface area contributed by atoms with Crippen LogP contribution in [0, 0.1) is 27.9 Å². The van der Waals surface area contributed by atoms with Gasteiger partial charge in [0.1, 0.15) is 16.8 Å². The van der Waals surface area contributed by atoms with Gasteiger partial charge in [0.2, 0.25) is 15.9 Å². The number of rotatable bonds is 18. The molecule has 0 bridgehead atoms. The van der Waals surface area contributed by atoms with Crippen molar-refractivity contribution in [1.29, 1.82) is 0 Å². The third-order valence-corrected chi connectivity index (χ3v) is 32.2. The van der Waals surface area contributed by atoms with Crippen LogP contribution in [-0.4, -0.2) is 112 Å². The minimum Gasteiger partial charge on any atom is -0.0622 e. The van der Waals surface area contributed by atoms with Crippen molar-refractivity contribution < 1.29 is 51.2 Å². The van der Waals surface area contributed by atoms with E-state index >= 15 is 0 Å². The van der Waals surface area contributed by atoms with Gasteiger partial charge < -0.3 is 26.4 Å². The molecule has 0 atom stereocenters. The van der Waals surface area contributed by atoms with E-state index in [1.165, 1.54) is 71.2 Å². The van der Waals surface area contributed by atoms with Crippen LogP contribution >= 0.6 is 126 Å². The van der Waals surface area contributed by atoms with Crippen molar-refractivity contribution in [2.75, 3.05) is 10.6 Å². The average molecular weight is 2280 g/mol. The average Bonchev–Trinajstić information content (AvgIpc) is 1.60. The summed E-state index contributed by atoms with van der Waals surface area (Å²) < 4.78 is 83.6. The third kappa shape index (κ3) is 26.7. The summed E-state index contributed by atoms with van der Waals surface area (Å²) in [6, 6.07) is 92.7. The number of aromatic nitrogens is 11. The zero-order valence-electron chi connectivity index (χ0n) is 70.0. The Kier molecular flexibility index (Phi) is 35.7. The van der Waals surface area contributed by atoms with E-state index in [1.54, 1.807) is 110 Å². The van der Waals surface area contributed by atoms with Crippen LogP contribution in [0.1, 0.15) is 55.2 Å². The van der Waals surface area contributed by atoms with E-state index in [-0.39, 0.29) is 68.6 Å². The number of aryl methyl sites for hydroxylation is 3. The molecule has 0 spiro atoms. The van der Waals surface area contributed by atoms with Crippen molar-refractivity contribution in [3.8, 4) is 11.1 Å². The molecule has 20 rings (SSSR count). The summed E-state index contributed by atoms with van der Waals surface area (Å²) >= 11 is 28.1. The van der Waals surface area contributed by atoms with Crippen LogP contribution < -0.4 is 53.7 Å². The van der Waals surface area contributed by atoms with Crippen molar-refractivity contribution in [1.82, 2.24) is 51.8 Å². The molecule has 37 heteroatoms. The summed E-state index contributed by atoms with van der Waals surface area (Å²) in [5.74, 6) is 1.12. The molecular formula is C94H83BCl6I2N14O8P2PdS3. The zero-order valence-corrected chi connectivity index (χ0v) is 84.6. The first-order chi connectivity index (χ1) is 63.1. The van der Waals surface area contributed by atoms with Gasteiger partial charge >= 0.3 is 42.1 Å². The van der Waals surface area contributed by atoms with Crippen LogP contribution in [0.15, 0.2) is 337 Å². The van der Waals surface area contributed by atoms with Gasteiger partial charge in [-0.05, 0) is 259 Å². The monoisotopic (exact) mass is 2270 g/mol. The standard InChI is InChI=1S/C21H18ClN5O2S.2C18H15P.C16H14ClIN4O2S.C13H8Cl2IN3O2S.C5H6BNO2.C3H7N.2ClH.Pd/c1-13-2-6-16(7-3-13)30(28,29)27-12-17(14-8-10-23-11-9-14)18-19(24-15-4-5-15)25-21(22)26-20(18)27;2*1-4-10-16(11-5-1)19(17-12-6-2-7-13-17)18-14-8-3-9-15-18;1-9-2-6-11(7-3-9)25(23,24)22-8-12(18)13-14(19-10-4-5-10)20-16(17)21-15(13)22;1-7-2-4-8(5-3-7)22(20,21)19-6-9(16)10-11(14)17-13(15)18-12(10)19;8-6(9)5-1-3-7-4-2-5;4-3-1-2-3;;;/h2-3,6-12,15H,4-5H2,1H3,(H,24,25,26);2*1-15H;2-3,6-8,10H,4-5H2,1H3,(H,19,20,21);2-6H,1H3;1-4,8-9H;3H,1-2,4H2;2*1H;/q;;;;;;;;;+2/p-2. The van der Waals surface area contributed by atoms with Crippen molar-refractivity contribution in [2.45, 2.75) is 92.1 Å². The van der Waals surface area contributed by atoms with Gasteiger partial charge in [0.05, 0.1) is 30.8 Å². The number of hydrogen-bond donors (Lipinski definition) is 5. The molecule has 8 heterocycles. The SMILES string of the molecule is Cc1ccc(S(=O)(=O)n2cc(-c3ccncc3)c3c(NC4CC4)nc(Cl)nc32)cc1.Cc1ccc(S(=O)(=O)n2cc(I)c3c(Cl)nc(Cl)nc32)cc1.Cc1ccc(S(=O)(=O)n2cc(I)c3c(NC4CC4)nc(Cl)nc32)cc1.NC1CC1.OB(O)c1ccncc1.[Cl][Pd][Cl].c1ccc(P(c2ccccc2)c2ccccc2)cc1.c1ccc(P(c2ccccc2)c2ccccc2)cc1. The Bertz CT molecular complexity index is 6730. The number of benzene rings is 9. The van der Waals surface area contributed by atoms with E-state index in [1.807, 2.05) is 55.5 Å².